The van der Waals surface area contributed by atoms with E-state index in [-0.39, 0.29) is 12.5 Å². The number of ether oxygens (including phenoxy) is 1. The van der Waals surface area contributed by atoms with Gasteiger partial charge in [0.15, 0.2) is 0 Å². The Labute approximate surface area is 168 Å². The standard InChI is InChI=1S/C21H21N5O3/c1-3-4-9-26-13-16(20(27)24-8-6-22)15-11-18(25-12-19(15)26)17-10-14(5-7-23-17)21(28)29-2/h5,7,10-13H,3-4,8-9H2,1-2H3,(H,24,27). The van der Waals surface area contributed by atoms with Crippen molar-refractivity contribution in [2.75, 3.05) is 13.7 Å². The van der Waals surface area contributed by atoms with Gasteiger partial charge in [0.25, 0.3) is 5.91 Å². The monoisotopic (exact) mass is 391 g/mol. The van der Waals surface area contributed by atoms with Gasteiger partial charge < -0.3 is 14.6 Å². The number of nitriles is 1. The molecule has 0 aromatic carbocycles. The van der Waals surface area contributed by atoms with Crippen LogP contribution in [0.1, 0.15) is 40.5 Å². The highest BCUT2D eigenvalue weighted by Gasteiger charge is 2.17. The maximum absolute atomic E-state index is 12.6. The van der Waals surface area contributed by atoms with Gasteiger partial charge in [-0.1, -0.05) is 13.3 Å². The summed E-state index contributed by atoms with van der Waals surface area (Å²) in [5.41, 5.74) is 2.70. The molecule has 3 aromatic heterocycles. The average molecular weight is 391 g/mol. The van der Waals surface area contributed by atoms with Crippen LogP contribution in [0.15, 0.2) is 36.8 Å². The Morgan fingerprint density at radius 3 is 2.79 bits per heavy atom. The number of carbonyl (C=O) groups excluding carboxylic acids is 2. The number of aryl methyl sites for hydroxylation is 1. The third-order valence-corrected chi connectivity index (χ3v) is 4.54. The lowest BCUT2D eigenvalue weighted by Gasteiger charge is -2.06. The second kappa shape index (κ2) is 8.97. The molecule has 0 spiro atoms. The van der Waals surface area contributed by atoms with E-state index in [0.717, 1.165) is 24.9 Å². The molecular formula is C21H21N5O3. The molecule has 8 heteroatoms. The van der Waals surface area contributed by atoms with Gasteiger partial charge in [-0.25, -0.2) is 4.79 Å². The topological polar surface area (TPSA) is 110 Å². The van der Waals surface area contributed by atoms with E-state index < -0.39 is 5.97 Å². The van der Waals surface area contributed by atoms with E-state index in [4.69, 9.17) is 10.00 Å². The third-order valence-electron chi connectivity index (χ3n) is 4.54. The summed E-state index contributed by atoms with van der Waals surface area (Å²) in [5, 5.41) is 12.1. The first-order valence-corrected chi connectivity index (χ1v) is 9.27. The normalized spacial score (nSPS) is 10.5. The first-order chi connectivity index (χ1) is 14.1. The average Bonchev–Trinajstić information content (AvgIpc) is 3.13. The van der Waals surface area contributed by atoms with Crippen LogP contribution >= 0.6 is 0 Å². The number of nitrogens with one attached hydrogen (secondary N) is 1. The second-order valence-corrected chi connectivity index (χ2v) is 6.44. The lowest BCUT2D eigenvalue weighted by molar-refractivity contribution is 0.0600. The van der Waals surface area contributed by atoms with Crippen LogP contribution in [0.2, 0.25) is 0 Å². The molecule has 0 atom stereocenters. The lowest BCUT2D eigenvalue weighted by atomic mass is 10.1. The Kier molecular flexibility index (Phi) is 6.19. The van der Waals surface area contributed by atoms with E-state index in [9.17, 15) is 9.59 Å². The minimum atomic E-state index is -0.461. The van der Waals surface area contributed by atoms with Gasteiger partial charge >= 0.3 is 5.97 Å². The number of rotatable bonds is 7. The van der Waals surface area contributed by atoms with Crippen molar-refractivity contribution in [3.63, 3.8) is 0 Å². The van der Waals surface area contributed by atoms with Crippen molar-refractivity contribution in [3.05, 3.63) is 47.9 Å². The fourth-order valence-electron chi connectivity index (χ4n) is 3.05. The Bertz CT molecular complexity index is 1100. The van der Waals surface area contributed by atoms with E-state index in [1.807, 2.05) is 10.6 Å². The van der Waals surface area contributed by atoms with Crippen LogP contribution in [0, 0.1) is 11.3 Å². The Balaban J connectivity index is 2.09. The fraction of sp³-hybridized carbons (Fsp3) is 0.286. The van der Waals surface area contributed by atoms with E-state index in [1.54, 1.807) is 30.6 Å². The largest absolute Gasteiger partial charge is 0.465 e. The van der Waals surface area contributed by atoms with E-state index in [2.05, 4.69) is 22.2 Å². The zero-order valence-corrected chi connectivity index (χ0v) is 16.3. The predicted octanol–water partition coefficient (Wildman–Crippen LogP) is 2.94. The predicted molar refractivity (Wildman–Crippen MR) is 107 cm³/mol. The first-order valence-electron chi connectivity index (χ1n) is 9.27. The summed E-state index contributed by atoms with van der Waals surface area (Å²) in [6, 6.07) is 6.86. The van der Waals surface area contributed by atoms with Crippen LogP contribution in [0.5, 0.6) is 0 Å². The number of methoxy groups -OCH3 is 1. The molecule has 0 aliphatic heterocycles. The minimum Gasteiger partial charge on any atom is -0.465 e. The van der Waals surface area contributed by atoms with Crippen LogP contribution < -0.4 is 5.32 Å². The highest BCUT2D eigenvalue weighted by atomic mass is 16.5. The number of amides is 1. The maximum atomic E-state index is 12.6. The second-order valence-electron chi connectivity index (χ2n) is 6.44. The summed E-state index contributed by atoms with van der Waals surface area (Å²) >= 11 is 0. The van der Waals surface area contributed by atoms with Crippen molar-refractivity contribution in [1.82, 2.24) is 19.9 Å². The van der Waals surface area contributed by atoms with Gasteiger partial charge in [-0.3, -0.25) is 14.8 Å². The number of aromatic nitrogens is 3. The highest BCUT2D eigenvalue weighted by molar-refractivity contribution is 6.07. The highest BCUT2D eigenvalue weighted by Crippen LogP contribution is 2.26. The van der Waals surface area contributed by atoms with E-state index in [0.29, 0.717) is 27.9 Å². The quantitative estimate of drug-likeness (QED) is 0.490. The van der Waals surface area contributed by atoms with Crippen molar-refractivity contribution in [2.24, 2.45) is 0 Å². The molecule has 0 saturated carbocycles. The van der Waals surface area contributed by atoms with Crippen molar-refractivity contribution in [2.45, 2.75) is 26.3 Å². The van der Waals surface area contributed by atoms with Crippen LogP contribution in [0.25, 0.3) is 22.3 Å². The summed E-state index contributed by atoms with van der Waals surface area (Å²) in [6.07, 6.45) is 6.99. The molecule has 148 valence electrons. The number of esters is 1. The molecule has 8 nitrogen and oxygen atoms in total. The van der Waals surface area contributed by atoms with Crippen LogP contribution in [0.4, 0.5) is 0 Å². The molecule has 1 N–H and O–H groups in total. The van der Waals surface area contributed by atoms with Gasteiger partial charge in [0.1, 0.15) is 6.54 Å². The number of pyridine rings is 2. The number of nitrogens with zero attached hydrogens (tertiary/aromatic N) is 4. The Morgan fingerprint density at radius 2 is 2.07 bits per heavy atom. The number of hydrogen-bond acceptors (Lipinski definition) is 6. The summed E-state index contributed by atoms with van der Waals surface area (Å²) in [6.45, 7) is 2.79. The summed E-state index contributed by atoms with van der Waals surface area (Å²) in [5.74, 6) is -0.780. The van der Waals surface area contributed by atoms with Gasteiger partial charge in [0, 0.05) is 24.3 Å². The Hall–Kier alpha value is -3.73. The number of hydrogen-bond donors (Lipinski definition) is 1. The molecule has 3 aromatic rings. The molecule has 0 aliphatic rings. The SMILES string of the molecule is CCCCn1cc(C(=O)NCC#N)c2cc(-c3cc(C(=O)OC)ccn3)ncc21. The molecule has 29 heavy (non-hydrogen) atoms. The molecule has 0 aliphatic carbocycles. The smallest absolute Gasteiger partial charge is 0.337 e. The summed E-state index contributed by atoms with van der Waals surface area (Å²) in [7, 11) is 1.32. The zero-order valence-electron chi connectivity index (χ0n) is 16.3. The molecule has 0 unspecified atom stereocenters. The van der Waals surface area contributed by atoms with Gasteiger partial charge in [-0.05, 0) is 24.6 Å². The summed E-state index contributed by atoms with van der Waals surface area (Å²) < 4.78 is 6.75. The molecule has 1 amide bonds. The molecule has 0 bridgehead atoms. The minimum absolute atomic E-state index is 0.0683. The Morgan fingerprint density at radius 1 is 1.28 bits per heavy atom. The molecule has 0 saturated heterocycles. The lowest BCUT2D eigenvalue weighted by Crippen LogP contribution is -2.23. The van der Waals surface area contributed by atoms with E-state index in [1.165, 1.54) is 13.3 Å². The van der Waals surface area contributed by atoms with Crippen LogP contribution in [-0.4, -0.2) is 40.1 Å². The molecule has 3 rings (SSSR count). The van der Waals surface area contributed by atoms with Crippen LogP contribution in [0.3, 0.4) is 0 Å². The molecular weight excluding hydrogens is 370 g/mol. The van der Waals surface area contributed by atoms with Gasteiger partial charge in [0.2, 0.25) is 0 Å². The molecule has 3 heterocycles. The first kappa shape index (κ1) is 20.0. The van der Waals surface area contributed by atoms with Crippen molar-refractivity contribution >= 4 is 22.8 Å². The summed E-state index contributed by atoms with van der Waals surface area (Å²) in [4.78, 5) is 33.1. The zero-order chi connectivity index (χ0) is 20.8. The maximum Gasteiger partial charge on any atom is 0.337 e. The van der Waals surface area contributed by atoms with Crippen molar-refractivity contribution in [3.8, 4) is 17.5 Å². The van der Waals surface area contributed by atoms with Crippen molar-refractivity contribution in [1.29, 1.82) is 5.26 Å². The van der Waals surface area contributed by atoms with Gasteiger partial charge in [-0.2, -0.15) is 5.26 Å². The van der Waals surface area contributed by atoms with Gasteiger partial charge in [-0.15, -0.1) is 0 Å². The van der Waals surface area contributed by atoms with Crippen molar-refractivity contribution < 1.29 is 14.3 Å². The van der Waals surface area contributed by atoms with E-state index >= 15 is 0 Å². The third kappa shape index (κ3) is 4.24. The molecule has 0 fully saturated rings. The fourth-order valence-corrected chi connectivity index (χ4v) is 3.05. The number of fused-ring (bicyclic) bond motifs is 1. The van der Waals surface area contributed by atoms with Crippen LogP contribution in [-0.2, 0) is 11.3 Å². The number of carbonyl (C=O) groups is 2. The number of unbranched alkanes of at least 4 members (excludes halogenated alkanes) is 1. The van der Waals surface area contributed by atoms with Gasteiger partial charge in [0.05, 0.1) is 47.4 Å². The molecule has 0 radical (unpaired) electrons.